The summed E-state index contributed by atoms with van der Waals surface area (Å²) in [6.45, 7) is 0. The van der Waals surface area contributed by atoms with Crippen LogP contribution >= 0.6 is 15.9 Å². The number of ketones is 1. The van der Waals surface area contributed by atoms with Gasteiger partial charge in [-0.15, -0.1) is 13.2 Å². The van der Waals surface area contributed by atoms with Gasteiger partial charge in [-0.25, -0.2) is 8.78 Å². The lowest BCUT2D eigenvalue weighted by molar-refractivity contribution is -0.275. The second-order valence-electron chi connectivity index (χ2n) is 3.43. The number of carbonyl (C=O) groups excluding carboxylic acids is 1. The van der Waals surface area contributed by atoms with E-state index in [0.717, 1.165) is 18.2 Å². The number of halogens is 6. The Balaban J connectivity index is 3.29. The van der Waals surface area contributed by atoms with Crippen LogP contribution in [0.1, 0.15) is 28.8 Å². The molecule has 1 rings (SSSR count). The molecule has 0 bridgehead atoms. The minimum atomic E-state index is -5.14. The molecule has 0 fully saturated rings. The first kappa shape index (κ1) is 15.9. The standard InChI is InChI=1S/C11H8BrF5O2/c12-5-4-8(18)6-2-1-3-7(10(13)14)9(6)19-11(15,16)17/h1-3,10H,4-5H2. The van der Waals surface area contributed by atoms with Crippen molar-refractivity contribution in [2.75, 3.05) is 5.33 Å². The van der Waals surface area contributed by atoms with Crippen molar-refractivity contribution in [2.45, 2.75) is 19.2 Å². The molecule has 0 unspecified atom stereocenters. The van der Waals surface area contributed by atoms with Gasteiger partial charge in [-0.1, -0.05) is 22.0 Å². The van der Waals surface area contributed by atoms with E-state index in [1.54, 1.807) is 0 Å². The molecule has 19 heavy (non-hydrogen) atoms. The summed E-state index contributed by atoms with van der Waals surface area (Å²) >= 11 is 2.95. The highest BCUT2D eigenvalue weighted by atomic mass is 79.9. The Morgan fingerprint density at radius 2 is 1.95 bits per heavy atom. The molecule has 0 spiro atoms. The SMILES string of the molecule is O=C(CCBr)c1cccc(C(F)F)c1OC(F)(F)F. The van der Waals surface area contributed by atoms with E-state index in [1.165, 1.54) is 0 Å². The molecule has 1 aromatic rings. The third-order valence-electron chi connectivity index (χ3n) is 2.12. The van der Waals surface area contributed by atoms with Crippen molar-refractivity contribution in [1.82, 2.24) is 0 Å². The Hall–Kier alpha value is -1.18. The molecule has 0 aliphatic rings. The molecule has 0 N–H and O–H groups in total. The Morgan fingerprint density at radius 3 is 2.42 bits per heavy atom. The van der Waals surface area contributed by atoms with Crippen LogP contribution in [0.3, 0.4) is 0 Å². The summed E-state index contributed by atoms with van der Waals surface area (Å²) in [5, 5.41) is 0.205. The molecular weight excluding hydrogens is 339 g/mol. The highest BCUT2D eigenvalue weighted by molar-refractivity contribution is 9.09. The third-order valence-corrected chi connectivity index (χ3v) is 2.52. The Bertz CT molecular complexity index is 459. The number of Topliss-reactive ketones (excluding diaryl/α,β-unsaturated/α-hetero) is 1. The molecule has 0 aromatic heterocycles. The molecule has 8 heteroatoms. The van der Waals surface area contributed by atoms with E-state index in [2.05, 4.69) is 20.7 Å². The number of alkyl halides is 6. The van der Waals surface area contributed by atoms with Crippen LogP contribution in [0.5, 0.6) is 5.75 Å². The van der Waals surface area contributed by atoms with Crippen LogP contribution in [0.15, 0.2) is 18.2 Å². The Labute approximate surface area is 113 Å². The van der Waals surface area contributed by atoms with Crippen LogP contribution in [-0.4, -0.2) is 17.5 Å². The monoisotopic (exact) mass is 346 g/mol. The van der Waals surface area contributed by atoms with Gasteiger partial charge in [0, 0.05) is 11.8 Å². The number of para-hydroxylation sites is 1. The van der Waals surface area contributed by atoms with E-state index in [0.29, 0.717) is 0 Å². The molecule has 2 nitrogen and oxygen atoms in total. The van der Waals surface area contributed by atoms with Gasteiger partial charge in [0.1, 0.15) is 5.75 Å². The summed E-state index contributed by atoms with van der Waals surface area (Å²) in [6.07, 6.45) is -8.44. The first-order valence-corrected chi connectivity index (χ1v) is 6.14. The van der Waals surface area contributed by atoms with Gasteiger partial charge in [-0.05, 0) is 12.1 Å². The maximum absolute atomic E-state index is 12.7. The van der Waals surface area contributed by atoms with E-state index in [9.17, 15) is 26.7 Å². The second-order valence-corrected chi connectivity index (χ2v) is 4.23. The van der Waals surface area contributed by atoms with Crippen LogP contribution in [0.25, 0.3) is 0 Å². The van der Waals surface area contributed by atoms with Crippen molar-refractivity contribution in [3.8, 4) is 5.75 Å². The zero-order valence-electron chi connectivity index (χ0n) is 9.31. The topological polar surface area (TPSA) is 26.3 Å². The molecule has 1 aromatic carbocycles. The number of hydrogen-bond donors (Lipinski definition) is 0. The maximum atomic E-state index is 12.7. The van der Waals surface area contributed by atoms with E-state index < -0.39 is 35.4 Å². The van der Waals surface area contributed by atoms with E-state index in [1.807, 2.05) is 0 Å². The van der Waals surface area contributed by atoms with Gasteiger partial charge in [0.15, 0.2) is 5.78 Å². The second kappa shape index (κ2) is 6.31. The fourth-order valence-electron chi connectivity index (χ4n) is 1.40. The molecule has 0 saturated heterocycles. The molecule has 0 radical (unpaired) electrons. The minimum Gasteiger partial charge on any atom is -0.404 e. The zero-order chi connectivity index (χ0) is 14.6. The molecule has 0 amide bonds. The summed E-state index contributed by atoms with van der Waals surface area (Å²) in [5.74, 6) is -1.84. The zero-order valence-corrected chi connectivity index (χ0v) is 10.9. The molecule has 0 aliphatic carbocycles. The highest BCUT2D eigenvalue weighted by Gasteiger charge is 2.35. The molecular formula is C11H8BrF5O2. The smallest absolute Gasteiger partial charge is 0.404 e. The predicted molar refractivity (Wildman–Crippen MR) is 60.8 cm³/mol. The van der Waals surface area contributed by atoms with E-state index in [4.69, 9.17) is 0 Å². The highest BCUT2D eigenvalue weighted by Crippen LogP contribution is 2.36. The first-order chi connectivity index (χ1) is 8.76. The van der Waals surface area contributed by atoms with Gasteiger partial charge in [0.25, 0.3) is 6.43 Å². The fourth-order valence-corrected chi connectivity index (χ4v) is 1.76. The van der Waals surface area contributed by atoms with Gasteiger partial charge in [0.05, 0.1) is 11.1 Å². The fraction of sp³-hybridized carbons (Fsp3) is 0.364. The third kappa shape index (κ3) is 4.45. The number of hydrogen-bond acceptors (Lipinski definition) is 2. The summed E-state index contributed by atoms with van der Waals surface area (Å²) in [4.78, 5) is 11.6. The minimum absolute atomic E-state index is 0.124. The summed E-state index contributed by atoms with van der Waals surface area (Å²) in [6, 6.07) is 2.90. The molecule has 0 heterocycles. The average Bonchev–Trinajstić information content (AvgIpc) is 2.27. The van der Waals surface area contributed by atoms with Crippen LogP contribution in [0, 0.1) is 0 Å². The van der Waals surface area contributed by atoms with Crippen molar-refractivity contribution in [2.24, 2.45) is 0 Å². The van der Waals surface area contributed by atoms with Gasteiger partial charge < -0.3 is 4.74 Å². The summed E-state index contributed by atoms with van der Waals surface area (Å²) < 4.78 is 65.6. The predicted octanol–water partition coefficient (Wildman–Crippen LogP) is 4.49. The van der Waals surface area contributed by atoms with Crippen molar-refractivity contribution in [3.63, 3.8) is 0 Å². The lowest BCUT2D eigenvalue weighted by Crippen LogP contribution is -2.20. The number of carbonyl (C=O) groups is 1. The molecule has 0 aliphatic heterocycles. The van der Waals surface area contributed by atoms with Crippen LogP contribution < -0.4 is 4.74 Å². The van der Waals surface area contributed by atoms with Crippen molar-refractivity contribution >= 4 is 21.7 Å². The van der Waals surface area contributed by atoms with Crippen LogP contribution in [0.2, 0.25) is 0 Å². The van der Waals surface area contributed by atoms with Gasteiger partial charge >= 0.3 is 6.36 Å². The average molecular weight is 347 g/mol. The van der Waals surface area contributed by atoms with E-state index in [-0.39, 0.29) is 11.8 Å². The largest absolute Gasteiger partial charge is 0.573 e. The molecule has 0 atom stereocenters. The lowest BCUT2D eigenvalue weighted by Gasteiger charge is -2.16. The summed E-state index contributed by atoms with van der Waals surface area (Å²) in [5.41, 5.74) is -1.47. The normalized spacial score (nSPS) is 11.7. The first-order valence-electron chi connectivity index (χ1n) is 5.02. The van der Waals surface area contributed by atoms with Crippen molar-refractivity contribution in [3.05, 3.63) is 29.3 Å². The van der Waals surface area contributed by atoms with Gasteiger partial charge in [-0.2, -0.15) is 0 Å². The van der Waals surface area contributed by atoms with Crippen LogP contribution in [0.4, 0.5) is 22.0 Å². The number of rotatable bonds is 5. The van der Waals surface area contributed by atoms with Gasteiger partial charge in [0.2, 0.25) is 0 Å². The number of ether oxygens (including phenoxy) is 1. The van der Waals surface area contributed by atoms with Crippen LogP contribution in [-0.2, 0) is 0 Å². The van der Waals surface area contributed by atoms with E-state index >= 15 is 0 Å². The number of benzene rings is 1. The Morgan fingerprint density at radius 1 is 1.32 bits per heavy atom. The molecule has 106 valence electrons. The van der Waals surface area contributed by atoms with Crippen molar-refractivity contribution < 1.29 is 31.5 Å². The maximum Gasteiger partial charge on any atom is 0.573 e. The lowest BCUT2D eigenvalue weighted by atomic mass is 10.0. The molecule has 0 saturated carbocycles. The summed E-state index contributed by atoms with van der Waals surface area (Å²) in [7, 11) is 0. The quantitative estimate of drug-likeness (QED) is 0.446. The Kier molecular flexibility index (Phi) is 5.28. The van der Waals surface area contributed by atoms with Gasteiger partial charge in [-0.3, -0.25) is 4.79 Å². The van der Waals surface area contributed by atoms with Crippen molar-refractivity contribution in [1.29, 1.82) is 0 Å².